The Labute approximate surface area is 139 Å². The molecule has 2 heterocycles. The van der Waals surface area contributed by atoms with Crippen molar-refractivity contribution in [3.8, 4) is 0 Å². The Hall–Kier alpha value is -2.13. The standard InChI is InChI=1S/C15H15NO6S2/c17-15(16-11-8-9-23(18,19)10-11)13-6-7-14(22-13)24(20,21)12-4-2-1-3-5-12/h1-7,11H,8-10H2,(H,16,17)/t11-/m0/s1. The van der Waals surface area contributed by atoms with Crippen molar-refractivity contribution in [2.75, 3.05) is 11.5 Å². The van der Waals surface area contributed by atoms with E-state index in [1.807, 2.05) is 0 Å². The van der Waals surface area contributed by atoms with E-state index >= 15 is 0 Å². The molecule has 0 spiro atoms. The summed E-state index contributed by atoms with van der Waals surface area (Å²) in [7, 11) is -6.96. The second kappa shape index (κ2) is 6.06. The second-order valence-corrected chi connectivity index (χ2v) is 9.62. The number of furan rings is 1. The Morgan fingerprint density at radius 1 is 1.12 bits per heavy atom. The van der Waals surface area contributed by atoms with Gasteiger partial charge < -0.3 is 9.73 Å². The molecule has 1 atom stereocenters. The summed E-state index contributed by atoms with van der Waals surface area (Å²) >= 11 is 0. The molecule has 9 heteroatoms. The van der Waals surface area contributed by atoms with Gasteiger partial charge in [-0.1, -0.05) is 18.2 Å². The zero-order valence-electron chi connectivity index (χ0n) is 12.5. The second-order valence-electron chi connectivity index (χ2n) is 5.51. The van der Waals surface area contributed by atoms with Crippen LogP contribution in [0.2, 0.25) is 0 Å². The molecule has 1 fully saturated rings. The Morgan fingerprint density at radius 3 is 2.46 bits per heavy atom. The summed E-state index contributed by atoms with van der Waals surface area (Å²) in [6, 6.07) is 9.71. The molecule has 0 saturated carbocycles. The van der Waals surface area contributed by atoms with E-state index in [2.05, 4.69) is 5.32 Å². The van der Waals surface area contributed by atoms with E-state index in [0.29, 0.717) is 6.42 Å². The molecule has 1 saturated heterocycles. The largest absolute Gasteiger partial charge is 0.439 e. The zero-order chi connectivity index (χ0) is 17.4. The van der Waals surface area contributed by atoms with Crippen molar-refractivity contribution in [1.29, 1.82) is 0 Å². The third kappa shape index (κ3) is 3.36. The van der Waals surface area contributed by atoms with Gasteiger partial charge in [-0.15, -0.1) is 0 Å². The number of hydrogen-bond donors (Lipinski definition) is 1. The molecule has 0 radical (unpaired) electrons. The molecule has 128 valence electrons. The fraction of sp³-hybridized carbons (Fsp3) is 0.267. The van der Waals surface area contributed by atoms with Gasteiger partial charge in [0.25, 0.3) is 5.91 Å². The van der Waals surface area contributed by atoms with Gasteiger partial charge in [-0.25, -0.2) is 16.8 Å². The number of rotatable bonds is 4. The quantitative estimate of drug-likeness (QED) is 0.862. The summed E-state index contributed by atoms with van der Waals surface area (Å²) in [5.74, 6) is -0.890. The number of carbonyl (C=O) groups is 1. The maximum Gasteiger partial charge on any atom is 0.287 e. The summed E-state index contributed by atoms with van der Waals surface area (Å²) in [6.45, 7) is 0. The maximum atomic E-state index is 12.4. The van der Waals surface area contributed by atoms with E-state index in [-0.39, 0.29) is 27.3 Å². The molecule has 1 N–H and O–H groups in total. The summed E-state index contributed by atoms with van der Waals surface area (Å²) in [6.07, 6.45) is 0.337. The molecule has 1 amide bonds. The molecule has 2 aromatic rings. The van der Waals surface area contributed by atoms with Crippen LogP contribution in [0.4, 0.5) is 0 Å². The molecule has 1 aromatic carbocycles. The summed E-state index contributed by atoms with van der Waals surface area (Å²) in [4.78, 5) is 12.2. The first-order valence-corrected chi connectivity index (χ1v) is 10.5. The van der Waals surface area contributed by atoms with Gasteiger partial charge in [0.2, 0.25) is 14.9 Å². The van der Waals surface area contributed by atoms with E-state index in [0.717, 1.165) is 0 Å². The van der Waals surface area contributed by atoms with Crippen LogP contribution in [-0.4, -0.2) is 40.3 Å². The fourth-order valence-corrected chi connectivity index (χ4v) is 5.34. The Balaban J connectivity index is 1.77. The highest BCUT2D eigenvalue weighted by molar-refractivity contribution is 7.91. The minimum atomic E-state index is -3.84. The molecule has 0 aliphatic carbocycles. The molecule has 1 aromatic heterocycles. The molecule has 1 aliphatic rings. The van der Waals surface area contributed by atoms with E-state index in [4.69, 9.17) is 4.42 Å². The Morgan fingerprint density at radius 2 is 1.83 bits per heavy atom. The van der Waals surface area contributed by atoms with Crippen LogP contribution in [0.5, 0.6) is 0 Å². The molecule has 0 bridgehead atoms. The van der Waals surface area contributed by atoms with E-state index in [1.165, 1.54) is 24.3 Å². The molecule has 1 aliphatic heterocycles. The van der Waals surface area contributed by atoms with E-state index in [9.17, 15) is 21.6 Å². The third-order valence-corrected chi connectivity index (χ3v) is 7.10. The average molecular weight is 369 g/mol. The van der Waals surface area contributed by atoms with Crippen LogP contribution >= 0.6 is 0 Å². The number of amides is 1. The van der Waals surface area contributed by atoms with E-state index < -0.39 is 31.6 Å². The lowest BCUT2D eigenvalue weighted by atomic mass is 10.2. The highest BCUT2D eigenvalue weighted by Crippen LogP contribution is 2.23. The molecule has 0 unspecified atom stereocenters. The predicted octanol–water partition coefficient (Wildman–Crippen LogP) is 1.03. The van der Waals surface area contributed by atoms with E-state index in [1.54, 1.807) is 18.2 Å². The third-order valence-electron chi connectivity index (χ3n) is 3.69. The first-order chi connectivity index (χ1) is 11.3. The van der Waals surface area contributed by atoms with Crippen LogP contribution in [0.3, 0.4) is 0 Å². The van der Waals surface area contributed by atoms with Crippen molar-refractivity contribution in [1.82, 2.24) is 5.32 Å². The predicted molar refractivity (Wildman–Crippen MR) is 85.1 cm³/mol. The molecular weight excluding hydrogens is 354 g/mol. The summed E-state index contributed by atoms with van der Waals surface area (Å²) in [5.41, 5.74) is 0. The van der Waals surface area contributed by atoms with Crippen molar-refractivity contribution >= 4 is 25.6 Å². The van der Waals surface area contributed by atoms with Gasteiger partial charge in [0.05, 0.1) is 16.4 Å². The highest BCUT2D eigenvalue weighted by Gasteiger charge is 2.30. The number of carbonyl (C=O) groups excluding carboxylic acids is 1. The van der Waals surface area contributed by atoms with Crippen molar-refractivity contribution in [2.24, 2.45) is 0 Å². The molecule has 7 nitrogen and oxygen atoms in total. The molecule has 3 rings (SSSR count). The normalized spacial score (nSPS) is 19.9. The fourth-order valence-electron chi connectivity index (χ4n) is 2.47. The van der Waals surface area contributed by atoms with Gasteiger partial charge in [-0.05, 0) is 30.7 Å². The number of nitrogens with one attached hydrogen (secondary N) is 1. The van der Waals surface area contributed by atoms with Crippen molar-refractivity contribution < 1.29 is 26.0 Å². The van der Waals surface area contributed by atoms with Crippen LogP contribution in [0.1, 0.15) is 17.0 Å². The average Bonchev–Trinajstić information content (AvgIpc) is 3.15. The maximum absolute atomic E-state index is 12.4. The summed E-state index contributed by atoms with van der Waals surface area (Å²) < 4.78 is 52.8. The number of benzene rings is 1. The monoisotopic (exact) mass is 369 g/mol. The van der Waals surface area contributed by atoms with Crippen molar-refractivity contribution in [3.05, 3.63) is 48.2 Å². The zero-order valence-corrected chi connectivity index (χ0v) is 14.1. The number of hydrogen-bond acceptors (Lipinski definition) is 6. The topological polar surface area (TPSA) is 111 Å². The van der Waals surface area contributed by atoms with Gasteiger partial charge in [-0.3, -0.25) is 4.79 Å². The minimum Gasteiger partial charge on any atom is -0.439 e. The van der Waals surface area contributed by atoms with Gasteiger partial charge in [0.1, 0.15) is 0 Å². The van der Waals surface area contributed by atoms with Gasteiger partial charge >= 0.3 is 0 Å². The molecular formula is C15H15NO6S2. The first-order valence-electron chi connectivity index (χ1n) is 7.19. The van der Waals surface area contributed by atoms with Gasteiger partial charge in [0, 0.05) is 6.04 Å². The van der Waals surface area contributed by atoms with Crippen LogP contribution in [0, 0.1) is 0 Å². The van der Waals surface area contributed by atoms with Crippen molar-refractivity contribution in [3.63, 3.8) is 0 Å². The van der Waals surface area contributed by atoms with Gasteiger partial charge in [-0.2, -0.15) is 0 Å². The van der Waals surface area contributed by atoms with Crippen LogP contribution < -0.4 is 5.32 Å². The lowest BCUT2D eigenvalue weighted by Crippen LogP contribution is -2.35. The minimum absolute atomic E-state index is 0.0315. The van der Waals surface area contributed by atoms with Crippen LogP contribution in [0.15, 0.2) is 56.9 Å². The SMILES string of the molecule is O=C(N[C@H]1CCS(=O)(=O)C1)c1ccc(S(=O)(=O)c2ccccc2)o1. The van der Waals surface area contributed by atoms with Crippen LogP contribution in [0.25, 0.3) is 0 Å². The lowest BCUT2D eigenvalue weighted by Gasteiger charge is -2.08. The summed E-state index contributed by atoms with van der Waals surface area (Å²) in [5, 5.41) is 2.21. The Bertz CT molecular complexity index is 960. The van der Waals surface area contributed by atoms with Crippen molar-refractivity contribution in [2.45, 2.75) is 22.5 Å². The first kappa shape index (κ1) is 16.7. The van der Waals surface area contributed by atoms with Crippen LogP contribution in [-0.2, 0) is 19.7 Å². The smallest absolute Gasteiger partial charge is 0.287 e. The number of sulfone groups is 2. The van der Waals surface area contributed by atoms with Gasteiger partial charge in [0.15, 0.2) is 15.6 Å². The highest BCUT2D eigenvalue weighted by atomic mass is 32.2. The molecule has 24 heavy (non-hydrogen) atoms. The Kier molecular flexibility index (Phi) is 4.22. The lowest BCUT2D eigenvalue weighted by molar-refractivity contribution is 0.0908.